The summed E-state index contributed by atoms with van der Waals surface area (Å²) in [6, 6.07) is 3.33. The van der Waals surface area contributed by atoms with E-state index in [0.29, 0.717) is 21.7 Å². The molecule has 6 heteroatoms. The predicted octanol–water partition coefficient (Wildman–Crippen LogP) is 3.91. The van der Waals surface area contributed by atoms with Crippen LogP contribution in [0.5, 0.6) is 0 Å². The van der Waals surface area contributed by atoms with Crippen LogP contribution in [-0.2, 0) is 4.74 Å². The van der Waals surface area contributed by atoms with Gasteiger partial charge in [-0.3, -0.25) is 0 Å². The van der Waals surface area contributed by atoms with E-state index in [1.54, 1.807) is 13.8 Å². The maximum Gasteiger partial charge on any atom is 0.338 e. The third-order valence-corrected chi connectivity index (χ3v) is 4.11. The highest BCUT2D eigenvalue weighted by Gasteiger charge is 2.18. The van der Waals surface area contributed by atoms with Gasteiger partial charge < -0.3 is 4.74 Å². The molecule has 110 valence electrons. The minimum absolute atomic E-state index is 0.242. The van der Waals surface area contributed by atoms with Gasteiger partial charge in [0, 0.05) is 17.2 Å². The molecule has 1 aromatic carbocycles. The second kappa shape index (κ2) is 6.22. The van der Waals surface area contributed by atoms with Crippen molar-refractivity contribution in [2.75, 3.05) is 7.11 Å². The Morgan fingerprint density at radius 1 is 1.29 bits per heavy atom. The van der Waals surface area contributed by atoms with Gasteiger partial charge in [-0.15, -0.1) is 0 Å². The van der Waals surface area contributed by atoms with Crippen LogP contribution in [-0.4, -0.2) is 18.1 Å². The number of ether oxygens (including phenoxy) is 1. The van der Waals surface area contributed by atoms with E-state index in [1.807, 2.05) is 0 Å². The fraction of sp³-hybridized carbons (Fsp3) is 0.200. The fourth-order valence-electron chi connectivity index (χ4n) is 1.90. The van der Waals surface area contributed by atoms with E-state index in [4.69, 9.17) is 4.74 Å². The average molecular weight is 309 g/mol. The summed E-state index contributed by atoms with van der Waals surface area (Å²) in [5.74, 6) is -1.77. The van der Waals surface area contributed by atoms with E-state index in [-0.39, 0.29) is 4.90 Å². The Balaban J connectivity index is 2.43. The van der Waals surface area contributed by atoms with Crippen LogP contribution in [0.25, 0.3) is 0 Å². The van der Waals surface area contributed by atoms with Gasteiger partial charge in [0.05, 0.1) is 12.7 Å². The average Bonchev–Trinajstić information content (AvgIpc) is 2.44. The van der Waals surface area contributed by atoms with Gasteiger partial charge in [-0.25, -0.2) is 18.6 Å². The van der Waals surface area contributed by atoms with Gasteiger partial charge in [0.1, 0.15) is 16.7 Å². The summed E-state index contributed by atoms with van der Waals surface area (Å²) in [5, 5.41) is 0.478. The van der Waals surface area contributed by atoms with Gasteiger partial charge in [-0.2, -0.15) is 0 Å². The molecule has 0 saturated carbocycles. The Bertz CT molecular complexity index is 704. The molecule has 0 aliphatic carbocycles. The fourth-order valence-corrected chi connectivity index (χ4v) is 2.76. The third-order valence-electron chi connectivity index (χ3n) is 2.96. The first-order valence-corrected chi connectivity index (χ1v) is 6.93. The standard InChI is InChI=1S/C15H13F2NO2S/c1-8-7-18-14(9(2)13(8)15(19)20-3)21-12-5-4-10(16)6-11(12)17/h4-7H,1-3H3. The van der Waals surface area contributed by atoms with Crippen molar-refractivity contribution in [3.8, 4) is 0 Å². The first kappa shape index (κ1) is 15.4. The largest absolute Gasteiger partial charge is 0.465 e. The first-order chi connectivity index (χ1) is 9.93. The summed E-state index contributed by atoms with van der Waals surface area (Å²) < 4.78 is 31.3. The Morgan fingerprint density at radius 2 is 2.00 bits per heavy atom. The van der Waals surface area contributed by atoms with Gasteiger partial charge in [0.25, 0.3) is 0 Å². The van der Waals surface area contributed by atoms with Crippen LogP contribution in [0.15, 0.2) is 34.3 Å². The zero-order valence-corrected chi connectivity index (χ0v) is 12.6. The molecule has 0 radical (unpaired) electrons. The number of hydrogen-bond acceptors (Lipinski definition) is 4. The van der Waals surface area contributed by atoms with Crippen LogP contribution >= 0.6 is 11.8 Å². The maximum absolute atomic E-state index is 13.7. The summed E-state index contributed by atoms with van der Waals surface area (Å²) in [6.45, 7) is 3.47. The molecule has 2 aromatic rings. The van der Waals surface area contributed by atoms with Crippen molar-refractivity contribution in [2.45, 2.75) is 23.8 Å². The molecule has 1 heterocycles. The van der Waals surface area contributed by atoms with Crippen molar-refractivity contribution in [3.63, 3.8) is 0 Å². The van der Waals surface area contributed by atoms with Crippen LogP contribution in [0.1, 0.15) is 21.5 Å². The predicted molar refractivity (Wildman–Crippen MR) is 75.5 cm³/mol. The molecule has 1 aromatic heterocycles. The molecule has 0 saturated heterocycles. The highest BCUT2D eigenvalue weighted by molar-refractivity contribution is 7.99. The molecule has 3 nitrogen and oxygen atoms in total. The topological polar surface area (TPSA) is 39.2 Å². The van der Waals surface area contributed by atoms with Crippen molar-refractivity contribution in [1.29, 1.82) is 0 Å². The van der Waals surface area contributed by atoms with Gasteiger partial charge >= 0.3 is 5.97 Å². The van der Waals surface area contributed by atoms with Crippen LogP contribution in [0.4, 0.5) is 8.78 Å². The Labute approximate surface area is 125 Å². The highest BCUT2D eigenvalue weighted by Crippen LogP contribution is 2.32. The summed E-state index contributed by atoms with van der Waals surface area (Å²) in [4.78, 5) is 16.2. The van der Waals surface area contributed by atoms with E-state index in [0.717, 1.165) is 17.8 Å². The number of methoxy groups -OCH3 is 1. The summed E-state index contributed by atoms with van der Waals surface area (Å²) in [5.41, 5.74) is 1.70. The summed E-state index contributed by atoms with van der Waals surface area (Å²) in [6.07, 6.45) is 1.53. The number of aryl methyl sites for hydroxylation is 1. The number of rotatable bonds is 3. The molecular weight excluding hydrogens is 296 g/mol. The molecule has 0 amide bonds. The zero-order valence-electron chi connectivity index (χ0n) is 11.7. The molecule has 0 spiro atoms. The third kappa shape index (κ3) is 3.21. The van der Waals surface area contributed by atoms with Crippen LogP contribution in [0, 0.1) is 25.5 Å². The monoisotopic (exact) mass is 309 g/mol. The van der Waals surface area contributed by atoms with Gasteiger partial charge in [-0.05, 0) is 37.1 Å². The van der Waals surface area contributed by atoms with Crippen molar-refractivity contribution in [1.82, 2.24) is 4.98 Å². The maximum atomic E-state index is 13.7. The van der Waals surface area contributed by atoms with E-state index in [2.05, 4.69) is 4.98 Å². The van der Waals surface area contributed by atoms with Crippen molar-refractivity contribution >= 4 is 17.7 Å². The van der Waals surface area contributed by atoms with E-state index in [9.17, 15) is 13.6 Å². The molecule has 21 heavy (non-hydrogen) atoms. The Hall–Kier alpha value is -1.95. The Morgan fingerprint density at radius 3 is 2.62 bits per heavy atom. The zero-order chi connectivity index (χ0) is 15.6. The lowest BCUT2D eigenvalue weighted by Crippen LogP contribution is -2.08. The lowest BCUT2D eigenvalue weighted by Gasteiger charge is -2.11. The van der Waals surface area contributed by atoms with Crippen molar-refractivity contribution < 1.29 is 18.3 Å². The molecule has 0 atom stereocenters. The van der Waals surface area contributed by atoms with Crippen molar-refractivity contribution in [3.05, 3.63) is 52.7 Å². The number of nitrogens with zero attached hydrogens (tertiary/aromatic N) is 1. The molecular formula is C15H13F2NO2S. The second-order valence-electron chi connectivity index (χ2n) is 4.41. The van der Waals surface area contributed by atoms with Gasteiger partial charge in [-0.1, -0.05) is 11.8 Å². The first-order valence-electron chi connectivity index (χ1n) is 6.11. The molecule has 0 fully saturated rings. The molecule has 0 N–H and O–H groups in total. The number of pyridine rings is 1. The number of aromatic nitrogens is 1. The Kier molecular flexibility index (Phi) is 4.57. The number of carbonyl (C=O) groups excluding carboxylic acids is 1. The molecule has 2 rings (SSSR count). The quantitative estimate of drug-likeness (QED) is 0.806. The minimum atomic E-state index is -0.665. The number of esters is 1. The number of carbonyl (C=O) groups is 1. The minimum Gasteiger partial charge on any atom is -0.465 e. The van der Waals surface area contributed by atoms with E-state index in [1.165, 1.54) is 25.4 Å². The van der Waals surface area contributed by atoms with E-state index >= 15 is 0 Å². The highest BCUT2D eigenvalue weighted by atomic mass is 32.2. The lowest BCUT2D eigenvalue weighted by molar-refractivity contribution is 0.0598. The van der Waals surface area contributed by atoms with Gasteiger partial charge in [0.2, 0.25) is 0 Å². The second-order valence-corrected chi connectivity index (χ2v) is 5.45. The number of hydrogen-bond donors (Lipinski definition) is 0. The summed E-state index contributed by atoms with van der Waals surface area (Å²) >= 11 is 1.04. The summed E-state index contributed by atoms with van der Waals surface area (Å²) in [7, 11) is 1.30. The molecule has 0 bridgehead atoms. The van der Waals surface area contributed by atoms with Crippen molar-refractivity contribution in [2.24, 2.45) is 0 Å². The SMILES string of the molecule is COC(=O)c1c(C)cnc(Sc2ccc(F)cc2F)c1C. The molecule has 0 unspecified atom stereocenters. The van der Waals surface area contributed by atoms with Crippen LogP contribution < -0.4 is 0 Å². The van der Waals surface area contributed by atoms with Gasteiger partial charge in [0.15, 0.2) is 0 Å². The lowest BCUT2D eigenvalue weighted by atomic mass is 10.1. The van der Waals surface area contributed by atoms with E-state index < -0.39 is 17.6 Å². The smallest absolute Gasteiger partial charge is 0.338 e. The normalized spacial score (nSPS) is 10.5. The number of benzene rings is 1. The van der Waals surface area contributed by atoms with Crippen LogP contribution in [0.3, 0.4) is 0 Å². The number of halogens is 2. The molecule has 0 aliphatic rings. The van der Waals surface area contributed by atoms with Crippen LogP contribution in [0.2, 0.25) is 0 Å². The molecule has 0 aliphatic heterocycles.